The molecule has 5 heteroatoms. The third-order valence-electron chi connectivity index (χ3n) is 3.70. The number of Topliss-reactive ketones (excluding diaryl/α,β-unsaturated/α-hetero) is 1. The summed E-state index contributed by atoms with van der Waals surface area (Å²) in [5, 5.41) is 16.9. The zero-order valence-electron chi connectivity index (χ0n) is 17.8. The van der Waals surface area contributed by atoms with Crippen LogP contribution in [0.1, 0.15) is 81.1 Å². The molecule has 0 atom stereocenters. The van der Waals surface area contributed by atoms with Crippen LogP contribution in [0.3, 0.4) is 0 Å². The predicted octanol–water partition coefficient (Wildman–Crippen LogP) is 3.95. The maximum absolute atomic E-state index is 10.0. The predicted molar refractivity (Wildman–Crippen MR) is 103 cm³/mol. The van der Waals surface area contributed by atoms with E-state index in [0.717, 1.165) is 38.9 Å². The highest BCUT2D eigenvalue weighted by molar-refractivity contribution is 5.75. The Labute approximate surface area is 155 Å². The van der Waals surface area contributed by atoms with Crippen molar-refractivity contribution < 1.29 is 24.5 Å². The molecule has 0 aromatic rings. The van der Waals surface area contributed by atoms with Crippen LogP contribution in [-0.2, 0) is 14.3 Å². The van der Waals surface area contributed by atoms with Crippen molar-refractivity contribution in [2.45, 2.75) is 86.9 Å². The molecule has 0 aromatic carbocycles. The lowest BCUT2D eigenvalue weighted by molar-refractivity contribution is -0.291. The second-order valence-corrected chi connectivity index (χ2v) is 8.56. The topological polar surface area (TPSA) is 76.0 Å². The van der Waals surface area contributed by atoms with Crippen molar-refractivity contribution in [3.63, 3.8) is 0 Å². The number of carbonyl (C=O) groups excluding carboxylic acids is 1. The molecule has 1 saturated heterocycles. The molecule has 0 amide bonds. The molecule has 25 heavy (non-hydrogen) atoms. The van der Waals surface area contributed by atoms with Crippen LogP contribution in [0.5, 0.6) is 0 Å². The van der Waals surface area contributed by atoms with Crippen LogP contribution in [0.4, 0.5) is 0 Å². The lowest BCUT2D eigenvalue weighted by Crippen LogP contribution is -2.45. The van der Waals surface area contributed by atoms with Crippen molar-refractivity contribution in [2.75, 3.05) is 26.4 Å². The van der Waals surface area contributed by atoms with Gasteiger partial charge in [-0.2, -0.15) is 0 Å². The van der Waals surface area contributed by atoms with Crippen molar-refractivity contribution in [2.24, 2.45) is 10.8 Å². The van der Waals surface area contributed by atoms with Crippen LogP contribution in [0.15, 0.2) is 0 Å². The molecule has 0 spiro atoms. The molecule has 0 aliphatic carbocycles. The number of aliphatic hydroxyl groups excluding tert-OH is 2. The van der Waals surface area contributed by atoms with Crippen LogP contribution in [0.25, 0.3) is 0 Å². The van der Waals surface area contributed by atoms with Gasteiger partial charge in [0.15, 0.2) is 5.79 Å². The molecule has 1 aliphatic heterocycles. The van der Waals surface area contributed by atoms with Crippen LogP contribution in [-0.4, -0.2) is 48.2 Å². The van der Waals surface area contributed by atoms with E-state index in [1.165, 1.54) is 0 Å². The van der Waals surface area contributed by atoms with Gasteiger partial charge in [-0.3, -0.25) is 0 Å². The summed E-state index contributed by atoms with van der Waals surface area (Å²) in [4.78, 5) is 10.0. The Balaban J connectivity index is 0. The molecule has 5 nitrogen and oxygen atoms in total. The summed E-state index contributed by atoms with van der Waals surface area (Å²) in [6.45, 7) is 17.4. The molecular formula is C20H42O5. The summed E-state index contributed by atoms with van der Waals surface area (Å²) >= 11 is 0. The average Bonchev–Trinajstić information content (AvgIpc) is 2.52. The van der Waals surface area contributed by atoms with E-state index in [0.29, 0.717) is 0 Å². The number of rotatable bonds is 6. The smallest absolute Gasteiger partial charge is 0.165 e. The summed E-state index contributed by atoms with van der Waals surface area (Å²) in [6, 6.07) is 0. The molecule has 2 N–H and O–H groups in total. The fourth-order valence-corrected chi connectivity index (χ4v) is 1.78. The van der Waals surface area contributed by atoms with E-state index in [4.69, 9.17) is 19.7 Å². The summed E-state index contributed by atoms with van der Waals surface area (Å²) in [6.07, 6.45) is 3.81. The van der Waals surface area contributed by atoms with Gasteiger partial charge < -0.3 is 24.5 Å². The normalized spacial score (nSPS) is 18.3. The zero-order valence-corrected chi connectivity index (χ0v) is 17.8. The van der Waals surface area contributed by atoms with E-state index in [2.05, 4.69) is 20.8 Å². The maximum atomic E-state index is 10.0. The molecule has 0 unspecified atom stereocenters. The minimum Gasteiger partial charge on any atom is -0.396 e. The molecular weight excluding hydrogens is 320 g/mol. The molecule has 0 saturated carbocycles. The highest BCUT2D eigenvalue weighted by Gasteiger charge is 2.35. The van der Waals surface area contributed by atoms with Gasteiger partial charge in [0.05, 0.1) is 26.4 Å². The quantitative estimate of drug-likeness (QED) is 0.748. The average molecular weight is 363 g/mol. The Bertz CT molecular complexity index is 334. The van der Waals surface area contributed by atoms with Gasteiger partial charge in [0, 0.05) is 23.7 Å². The summed E-state index contributed by atoms with van der Waals surface area (Å²) in [5.41, 5.74) is -0.118. The number of carbonyl (C=O) groups is 1. The Morgan fingerprint density at radius 3 is 1.64 bits per heavy atom. The standard InChI is InChI=1S/C10H20O2.C5H12O2.C5H10O/c1-5-6-10(4)11-7-9(2,3)8-12-10;1-5(2,3-6)4-7;1-3-4-5(2)6/h5-8H2,1-4H3;6-7H,3-4H2,1-2H3;3-4H2,1-2H3. The minimum absolute atomic E-state index is 0.0451. The van der Waals surface area contributed by atoms with Crippen molar-refractivity contribution in [3.8, 4) is 0 Å². The largest absolute Gasteiger partial charge is 0.396 e. The first-order valence-electron chi connectivity index (χ1n) is 9.36. The van der Waals surface area contributed by atoms with Gasteiger partial charge in [-0.15, -0.1) is 0 Å². The van der Waals surface area contributed by atoms with Gasteiger partial charge in [0.25, 0.3) is 0 Å². The van der Waals surface area contributed by atoms with Crippen molar-refractivity contribution in [1.29, 1.82) is 0 Å². The van der Waals surface area contributed by atoms with Crippen molar-refractivity contribution in [3.05, 3.63) is 0 Å². The van der Waals surface area contributed by atoms with Gasteiger partial charge in [-0.25, -0.2) is 0 Å². The second kappa shape index (κ2) is 12.8. The fraction of sp³-hybridized carbons (Fsp3) is 0.950. The molecule has 0 bridgehead atoms. The number of aliphatic hydroxyl groups is 2. The molecule has 1 fully saturated rings. The van der Waals surface area contributed by atoms with E-state index in [1.807, 2.05) is 13.8 Å². The van der Waals surface area contributed by atoms with E-state index < -0.39 is 0 Å². The number of hydrogen-bond acceptors (Lipinski definition) is 5. The number of ketones is 1. The molecule has 1 heterocycles. The Morgan fingerprint density at radius 1 is 1.00 bits per heavy atom. The summed E-state index contributed by atoms with van der Waals surface area (Å²) in [7, 11) is 0. The number of ether oxygens (including phenoxy) is 2. The highest BCUT2D eigenvalue weighted by Crippen LogP contribution is 2.31. The maximum Gasteiger partial charge on any atom is 0.165 e. The molecule has 1 rings (SSSR count). The second-order valence-electron chi connectivity index (χ2n) is 8.56. The lowest BCUT2D eigenvalue weighted by atomic mass is 9.94. The SMILES string of the molecule is CC(C)(CO)CO.CCCC(C)=O.CCCC1(C)OCC(C)(C)CO1. The third-order valence-corrected chi connectivity index (χ3v) is 3.70. The van der Waals surface area contributed by atoms with Crippen LogP contribution < -0.4 is 0 Å². The molecule has 0 aromatic heterocycles. The Morgan fingerprint density at radius 2 is 1.44 bits per heavy atom. The van der Waals surface area contributed by atoms with Gasteiger partial charge >= 0.3 is 0 Å². The minimum atomic E-state index is -0.315. The monoisotopic (exact) mass is 362 g/mol. The van der Waals surface area contributed by atoms with Crippen LogP contribution in [0.2, 0.25) is 0 Å². The first kappa shape index (κ1) is 26.7. The van der Waals surface area contributed by atoms with Crippen LogP contribution >= 0.6 is 0 Å². The van der Waals surface area contributed by atoms with E-state index in [1.54, 1.807) is 20.8 Å². The van der Waals surface area contributed by atoms with Crippen LogP contribution in [0, 0.1) is 10.8 Å². The zero-order chi connectivity index (χ0) is 20.1. The number of hydrogen-bond donors (Lipinski definition) is 2. The highest BCUT2D eigenvalue weighted by atomic mass is 16.7. The summed E-state index contributed by atoms with van der Waals surface area (Å²) in [5.74, 6) is -0.0259. The van der Waals surface area contributed by atoms with Crippen molar-refractivity contribution >= 4 is 5.78 Å². The van der Waals surface area contributed by atoms with E-state index in [-0.39, 0.29) is 35.6 Å². The molecule has 152 valence electrons. The first-order chi connectivity index (χ1) is 11.4. The third kappa shape index (κ3) is 15.5. The Hall–Kier alpha value is -0.490. The van der Waals surface area contributed by atoms with E-state index in [9.17, 15) is 4.79 Å². The van der Waals surface area contributed by atoms with E-state index >= 15 is 0 Å². The molecule has 0 radical (unpaired) electrons. The van der Waals surface area contributed by atoms with Gasteiger partial charge in [0.1, 0.15) is 5.78 Å². The van der Waals surface area contributed by atoms with Gasteiger partial charge in [-0.1, -0.05) is 48.0 Å². The van der Waals surface area contributed by atoms with Gasteiger partial charge in [-0.05, 0) is 20.3 Å². The lowest BCUT2D eigenvalue weighted by Gasteiger charge is -2.41. The summed E-state index contributed by atoms with van der Waals surface area (Å²) < 4.78 is 11.4. The van der Waals surface area contributed by atoms with Crippen molar-refractivity contribution in [1.82, 2.24) is 0 Å². The van der Waals surface area contributed by atoms with Gasteiger partial charge in [0.2, 0.25) is 0 Å². The molecule has 1 aliphatic rings. The Kier molecular flexibility index (Phi) is 13.7. The fourth-order valence-electron chi connectivity index (χ4n) is 1.78. The first-order valence-corrected chi connectivity index (χ1v) is 9.36.